The molecule has 0 atom stereocenters. The third-order valence-electron chi connectivity index (χ3n) is 3.48. The number of carbonyl (C=O) groups is 1. The molecule has 0 aliphatic carbocycles. The molecule has 0 aliphatic heterocycles. The number of furan rings is 1. The summed E-state index contributed by atoms with van der Waals surface area (Å²) >= 11 is 0. The minimum Gasteiger partial charge on any atom is -0.497 e. The van der Waals surface area contributed by atoms with Crippen LogP contribution in [0.3, 0.4) is 0 Å². The maximum Gasteiger partial charge on any atom is 0.221 e. The van der Waals surface area contributed by atoms with Gasteiger partial charge < -0.3 is 9.15 Å². The second-order valence-electron chi connectivity index (χ2n) is 5.08. The van der Waals surface area contributed by atoms with Crippen molar-refractivity contribution in [3.63, 3.8) is 0 Å². The van der Waals surface area contributed by atoms with Crippen molar-refractivity contribution in [1.29, 1.82) is 0 Å². The summed E-state index contributed by atoms with van der Waals surface area (Å²) in [5.74, 6) is 1.79. The first kappa shape index (κ1) is 14.1. The largest absolute Gasteiger partial charge is 0.497 e. The molecule has 1 heterocycles. The van der Waals surface area contributed by atoms with Gasteiger partial charge in [-0.2, -0.15) is 0 Å². The first-order valence-electron chi connectivity index (χ1n) is 7.02. The predicted octanol–water partition coefficient (Wildman–Crippen LogP) is 4.65. The van der Waals surface area contributed by atoms with Gasteiger partial charge in [0.2, 0.25) is 5.78 Å². The van der Waals surface area contributed by atoms with Crippen LogP contribution in [0.1, 0.15) is 21.9 Å². The second kappa shape index (κ2) is 5.90. The molecule has 3 rings (SSSR count). The molecular weight excluding hydrogens is 276 g/mol. The van der Waals surface area contributed by atoms with E-state index in [-0.39, 0.29) is 5.78 Å². The Bertz CT molecular complexity index is 856. The molecule has 3 aromatic rings. The molecule has 0 spiro atoms. The van der Waals surface area contributed by atoms with Crippen molar-refractivity contribution in [2.45, 2.75) is 6.92 Å². The Labute approximate surface area is 128 Å². The first-order chi connectivity index (χ1) is 10.7. The number of hydrogen-bond donors (Lipinski definition) is 0. The zero-order valence-electron chi connectivity index (χ0n) is 12.5. The molecule has 0 saturated heterocycles. The summed E-state index contributed by atoms with van der Waals surface area (Å²) in [5.41, 5.74) is 0.967. The number of methoxy groups -OCH3 is 1. The fraction of sp³-hybridized carbons (Fsp3) is 0.105. The third kappa shape index (κ3) is 2.93. The zero-order valence-corrected chi connectivity index (χ0v) is 12.5. The molecule has 0 N–H and O–H groups in total. The minimum atomic E-state index is -0.136. The maximum absolute atomic E-state index is 12.0. The highest BCUT2D eigenvalue weighted by molar-refractivity contribution is 6.05. The van der Waals surface area contributed by atoms with Gasteiger partial charge in [0.25, 0.3) is 0 Å². The van der Waals surface area contributed by atoms with Crippen LogP contribution >= 0.6 is 0 Å². The molecule has 1 aromatic heterocycles. The number of ketones is 1. The van der Waals surface area contributed by atoms with Gasteiger partial charge in [-0.3, -0.25) is 4.79 Å². The van der Waals surface area contributed by atoms with Gasteiger partial charge >= 0.3 is 0 Å². The molecule has 0 unspecified atom stereocenters. The van der Waals surface area contributed by atoms with Crippen LogP contribution in [0, 0.1) is 6.92 Å². The Morgan fingerprint density at radius 3 is 2.55 bits per heavy atom. The van der Waals surface area contributed by atoms with Crippen LogP contribution in [-0.4, -0.2) is 12.9 Å². The summed E-state index contributed by atoms with van der Waals surface area (Å²) in [7, 11) is 1.65. The molecular formula is C19H16O3. The van der Waals surface area contributed by atoms with E-state index in [1.165, 1.54) is 6.08 Å². The van der Waals surface area contributed by atoms with Crippen LogP contribution in [-0.2, 0) is 0 Å². The minimum absolute atomic E-state index is 0.136. The molecule has 22 heavy (non-hydrogen) atoms. The Balaban J connectivity index is 1.84. The average molecular weight is 292 g/mol. The van der Waals surface area contributed by atoms with Crippen molar-refractivity contribution < 1.29 is 13.9 Å². The van der Waals surface area contributed by atoms with Crippen LogP contribution in [0.2, 0.25) is 0 Å². The van der Waals surface area contributed by atoms with Gasteiger partial charge in [0.1, 0.15) is 11.5 Å². The molecule has 0 radical (unpaired) electrons. The van der Waals surface area contributed by atoms with Crippen molar-refractivity contribution in [2.75, 3.05) is 7.11 Å². The van der Waals surface area contributed by atoms with E-state index in [0.29, 0.717) is 5.76 Å². The van der Waals surface area contributed by atoms with Gasteiger partial charge in [-0.05, 0) is 59.7 Å². The van der Waals surface area contributed by atoms with Crippen LogP contribution in [0.5, 0.6) is 5.75 Å². The average Bonchev–Trinajstić information content (AvgIpc) is 2.98. The summed E-state index contributed by atoms with van der Waals surface area (Å²) in [6.07, 6.45) is 3.33. The summed E-state index contributed by atoms with van der Waals surface area (Å²) in [4.78, 5) is 12.0. The molecule has 0 saturated carbocycles. The predicted molar refractivity (Wildman–Crippen MR) is 87.3 cm³/mol. The highest BCUT2D eigenvalue weighted by Gasteiger charge is 2.06. The van der Waals surface area contributed by atoms with Gasteiger partial charge in [-0.15, -0.1) is 0 Å². The number of hydrogen-bond acceptors (Lipinski definition) is 3. The molecule has 0 bridgehead atoms. The monoisotopic (exact) mass is 292 g/mol. The summed E-state index contributed by atoms with van der Waals surface area (Å²) in [6.45, 7) is 1.82. The summed E-state index contributed by atoms with van der Waals surface area (Å²) < 4.78 is 10.5. The van der Waals surface area contributed by atoms with Crippen LogP contribution in [0.15, 0.2) is 59.0 Å². The van der Waals surface area contributed by atoms with Crippen molar-refractivity contribution in [3.05, 3.63) is 71.7 Å². The number of fused-ring (bicyclic) bond motifs is 1. The molecule has 110 valence electrons. The molecule has 2 aromatic carbocycles. The standard InChI is InChI=1S/C19H16O3/c1-13-3-10-19(22-13)18(20)9-5-14-4-6-16-12-17(21-2)8-7-15(16)11-14/h3-12H,1-2H3. The second-order valence-corrected chi connectivity index (χ2v) is 5.08. The molecule has 0 amide bonds. The van der Waals surface area contributed by atoms with Gasteiger partial charge in [-0.25, -0.2) is 0 Å². The fourth-order valence-corrected chi connectivity index (χ4v) is 2.29. The van der Waals surface area contributed by atoms with E-state index in [4.69, 9.17) is 9.15 Å². The SMILES string of the molecule is COc1ccc2cc(C=CC(=O)c3ccc(C)o3)ccc2c1. The van der Waals surface area contributed by atoms with Gasteiger partial charge in [0.05, 0.1) is 7.11 Å². The molecule has 0 fully saturated rings. The Morgan fingerprint density at radius 1 is 1.05 bits per heavy atom. The smallest absolute Gasteiger partial charge is 0.221 e. The number of ether oxygens (including phenoxy) is 1. The molecule has 0 aliphatic rings. The lowest BCUT2D eigenvalue weighted by Crippen LogP contribution is -1.90. The van der Waals surface area contributed by atoms with Crippen molar-refractivity contribution in [2.24, 2.45) is 0 Å². The van der Waals surface area contributed by atoms with Gasteiger partial charge in [0, 0.05) is 0 Å². The Kier molecular flexibility index (Phi) is 3.79. The van der Waals surface area contributed by atoms with Crippen LogP contribution in [0.25, 0.3) is 16.8 Å². The summed E-state index contributed by atoms with van der Waals surface area (Å²) in [5, 5.41) is 2.20. The Hall–Kier alpha value is -2.81. The third-order valence-corrected chi connectivity index (χ3v) is 3.48. The van der Waals surface area contributed by atoms with E-state index in [0.717, 1.165) is 27.8 Å². The summed E-state index contributed by atoms with van der Waals surface area (Å²) in [6, 6.07) is 15.4. The lowest BCUT2D eigenvalue weighted by molar-refractivity contribution is 0.102. The number of aryl methyl sites for hydroxylation is 1. The van der Waals surface area contributed by atoms with E-state index in [2.05, 4.69) is 0 Å². The Morgan fingerprint density at radius 2 is 1.82 bits per heavy atom. The van der Waals surface area contributed by atoms with E-state index in [9.17, 15) is 4.79 Å². The van der Waals surface area contributed by atoms with Crippen LogP contribution < -0.4 is 4.74 Å². The van der Waals surface area contributed by atoms with Crippen LogP contribution in [0.4, 0.5) is 0 Å². The lowest BCUT2D eigenvalue weighted by atomic mass is 10.1. The normalized spacial score (nSPS) is 11.2. The first-order valence-corrected chi connectivity index (χ1v) is 7.02. The van der Waals surface area contributed by atoms with E-state index < -0.39 is 0 Å². The topological polar surface area (TPSA) is 39.4 Å². The van der Waals surface area contributed by atoms with Gasteiger partial charge in [0.15, 0.2) is 5.76 Å². The van der Waals surface area contributed by atoms with E-state index in [1.54, 1.807) is 25.3 Å². The van der Waals surface area contributed by atoms with Crippen molar-refractivity contribution in [3.8, 4) is 5.75 Å². The van der Waals surface area contributed by atoms with E-state index in [1.807, 2.05) is 43.3 Å². The number of carbonyl (C=O) groups excluding carboxylic acids is 1. The fourth-order valence-electron chi connectivity index (χ4n) is 2.29. The molecule has 3 heteroatoms. The van der Waals surface area contributed by atoms with E-state index >= 15 is 0 Å². The number of benzene rings is 2. The van der Waals surface area contributed by atoms with Crippen molar-refractivity contribution >= 4 is 22.6 Å². The lowest BCUT2D eigenvalue weighted by Gasteiger charge is -2.03. The van der Waals surface area contributed by atoms with Gasteiger partial charge in [-0.1, -0.05) is 24.3 Å². The quantitative estimate of drug-likeness (QED) is 0.519. The zero-order chi connectivity index (χ0) is 15.5. The molecule has 3 nitrogen and oxygen atoms in total. The highest BCUT2D eigenvalue weighted by atomic mass is 16.5. The maximum atomic E-state index is 12.0. The number of allylic oxidation sites excluding steroid dienone is 1. The van der Waals surface area contributed by atoms with Crippen molar-refractivity contribution in [1.82, 2.24) is 0 Å². The number of rotatable bonds is 4. The highest BCUT2D eigenvalue weighted by Crippen LogP contribution is 2.22.